The predicted molar refractivity (Wildman–Crippen MR) is 82.5 cm³/mol. The molecule has 1 aliphatic rings. The second-order valence-electron chi connectivity index (χ2n) is 6.55. The van der Waals surface area contributed by atoms with E-state index in [2.05, 4.69) is 37.4 Å². The molecule has 0 saturated heterocycles. The number of nitrogens with two attached hydrogens (primary N) is 1. The monoisotopic (exact) mass is 260 g/mol. The van der Waals surface area contributed by atoms with Gasteiger partial charge in [-0.2, -0.15) is 0 Å². The predicted octanol–water partition coefficient (Wildman–Crippen LogP) is 2.82. The number of hydrogen-bond donors (Lipinski definition) is 2. The molecule has 0 aromatic heterocycles. The molecule has 0 fully saturated rings. The van der Waals surface area contributed by atoms with Gasteiger partial charge in [0.05, 0.1) is 0 Å². The molecule has 1 aliphatic carbocycles. The Labute approximate surface area is 117 Å². The van der Waals surface area contributed by atoms with E-state index in [9.17, 15) is 0 Å². The highest BCUT2D eigenvalue weighted by atomic mass is 14.9. The van der Waals surface area contributed by atoms with Crippen molar-refractivity contribution in [2.24, 2.45) is 5.73 Å². The zero-order valence-corrected chi connectivity index (χ0v) is 12.5. The van der Waals surface area contributed by atoms with Crippen LogP contribution in [0.1, 0.15) is 49.8 Å². The molecular weight excluding hydrogens is 232 g/mol. The van der Waals surface area contributed by atoms with Crippen LogP contribution < -0.4 is 11.1 Å². The van der Waals surface area contributed by atoms with Gasteiger partial charge in [-0.1, -0.05) is 18.2 Å². The second kappa shape index (κ2) is 6.53. The lowest BCUT2D eigenvalue weighted by Crippen LogP contribution is -2.36. The average molecular weight is 260 g/mol. The van der Waals surface area contributed by atoms with E-state index in [0.29, 0.717) is 0 Å². The summed E-state index contributed by atoms with van der Waals surface area (Å²) in [5.41, 5.74) is 10.5. The first kappa shape index (κ1) is 14.5. The Bertz CT molecular complexity index is 404. The molecule has 0 unspecified atom stereocenters. The zero-order valence-electron chi connectivity index (χ0n) is 12.5. The van der Waals surface area contributed by atoms with E-state index >= 15 is 0 Å². The third-order valence-electron chi connectivity index (χ3n) is 3.95. The van der Waals surface area contributed by atoms with Gasteiger partial charge in [0.15, 0.2) is 0 Å². The number of fused-ring (bicyclic) bond motifs is 1. The van der Waals surface area contributed by atoms with Crippen molar-refractivity contribution >= 4 is 0 Å². The fraction of sp³-hybridized carbons (Fsp3) is 0.647. The number of hydrogen-bond acceptors (Lipinski definition) is 2. The minimum absolute atomic E-state index is 0.0567. The van der Waals surface area contributed by atoms with E-state index in [1.807, 2.05) is 0 Å². The summed E-state index contributed by atoms with van der Waals surface area (Å²) in [6.45, 7) is 6.22. The Morgan fingerprint density at radius 1 is 1.11 bits per heavy atom. The lowest BCUT2D eigenvalue weighted by Gasteiger charge is -2.19. The van der Waals surface area contributed by atoms with Crippen molar-refractivity contribution in [2.75, 3.05) is 13.1 Å². The third-order valence-corrected chi connectivity index (χ3v) is 3.95. The van der Waals surface area contributed by atoms with Gasteiger partial charge in [-0.15, -0.1) is 0 Å². The second-order valence-corrected chi connectivity index (χ2v) is 6.55. The molecule has 2 rings (SSSR count). The van der Waals surface area contributed by atoms with Crippen LogP contribution in [-0.2, 0) is 19.3 Å². The van der Waals surface area contributed by atoms with E-state index in [-0.39, 0.29) is 5.54 Å². The van der Waals surface area contributed by atoms with Crippen molar-refractivity contribution in [1.82, 2.24) is 5.32 Å². The van der Waals surface area contributed by atoms with Crippen molar-refractivity contribution in [3.8, 4) is 0 Å². The Morgan fingerprint density at radius 3 is 2.58 bits per heavy atom. The van der Waals surface area contributed by atoms with Crippen LogP contribution in [0.5, 0.6) is 0 Å². The summed E-state index contributed by atoms with van der Waals surface area (Å²) in [7, 11) is 0. The van der Waals surface area contributed by atoms with E-state index in [1.165, 1.54) is 31.2 Å². The van der Waals surface area contributed by atoms with Crippen LogP contribution >= 0.6 is 0 Å². The van der Waals surface area contributed by atoms with Crippen molar-refractivity contribution in [3.05, 3.63) is 34.9 Å². The molecule has 1 aromatic carbocycles. The fourth-order valence-corrected chi connectivity index (χ4v) is 2.71. The molecule has 1 aromatic rings. The SMILES string of the molecule is CC(C)(N)CCNCCc1ccc2c(c1)CCCC2. The summed E-state index contributed by atoms with van der Waals surface area (Å²) in [5, 5.41) is 3.49. The number of benzene rings is 1. The highest BCUT2D eigenvalue weighted by molar-refractivity contribution is 5.33. The van der Waals surface area contributed by atoms with Crippen molar-refractivity contribution in [1.29, 1.82) is 0 Å². The number of aryl methyl sites for hydroxylation is 2. The smallest absolute Gasteiger partial charge is 0.0109 e. The van der Waals surface area contributed by atoms with Gasteiger partial charge in [-0.3, -0.25) is 0 Å². The average Bonchev–Trinajstić information content (AvgIpc) is 2.37. The summed E-state index contributed by atoms with van der Waals surface area (Å²) in [5.74, 6) is 0. The maximum absolute atomic E-state index is 5.97. The molecule has 19 heavy (non-hydrogen) atoms. The molecule has 0 bridgehead atoms. The van der Waals surface area contributed by atoms with Crippen molar-refractivity contribution < 1.29 is 0 Å². The lowest BCUT2D eigenvalue weighted by molar-refractivity contribution is 0.456. The van der Waals surface area contributed by atoms with Crippen LogP contribution in [0.4, 0.5) is 0 Å². The minimum atomic E-state index is -0.0567. The van der Waals surface area contributed by atoms with Gasteiger partial charge in [0, 0.05) is 5.54 Å². The number of rotatable bonds is 6. The van der Waals surface area contributed by atoms with E-state index in [1.54, 1.807) is 11.1 Å². The molecule has 2 nitrogen and oxygen atoms in total. The third kappa shape index (κ3) is 4.96. The first-order valence-corrected chi connectivity index (χ1v) is 7.65. The number of nitrogens with one attached hydrogen (secondary N) is 1. The van der Waals surface area contributed by atoms with Gasteiger partial charge in [-0.25, -0.2) is 0 Å². The Hall–Kier alpha value is -0.860. The van der Waals surface area contributed by atoms with Gasteiger partial charge in [-0.05, 0) is 82.2 Å². The molecule has 0 radical (unpaired) electrons. The van der Waals surface area contributed by atoms with Crippen molar-refractivity contribution in [2.45, 2.75) is 57.9 Å². The van der Waals surface area contributed by atoms with Gasteiger partial charge >= 0.3 is 0 Å². The highest BCUT2D eigenvalue weighted by Crippen LogP contribution is 2.22. The summed E-state index contributed by atoms with van der Waals surface area (Å²) < 4.78 is 0. The molecule has 0 aliphatic heterocycles. The standard InChI is InChI=1S/C17H28N2/c1-17(2,18)10-12-19-11-9-14-7-8-15-5-3-4-6-16(15)13-14/h7-8,13,19H,3-6,9-12,18H2,1-2H3. The first-order chi connectivity index (χ1) is 9.04. The Morgan fingerprint density at radius 2 is 1.84 bits per heavy atom. The van der Waals surface area contributed by atoms with E-state index in [0.717, 1.165) is 25.9 Å². The summed E-state index contributed by atoms with van der Waals surface area (Å²) in [6, 6.07) is 7.06. The molecule has 2 heteroatoms. The van der Waals surface area contributed by atoms with Crippen LogP contribution in [-0.4, -0.2) is 18.6 Å². The Balaban J connectivity index is 1.74. The largest absolute Gasteiger partial charge is 0.326 e. The van der Waals surface area contributed by atoms with Gasteiger partial charge in [0.25, 0.3) is 0 Å². The zero-order chi connectivity index (χ0) is 13.7. The van der Waals surface area contributed by atoms with Gasteiger partial charge in [0.2, 0.25) is 0 Å². The van der Waals surface area contributed by atoms with Crippen LogP contribution in [0, 0.1) is 0 Å². The lowest BCUT2D eigenvalue weighted by atomic mass is 9.90. The summed E-state index contributed by atoms with van der Waals surface area (Å²) in [4.78, 5) is 0. The molecule has 0 spiro atoms. The molecule has 0 saturated carbocycles. The molecule has 3 N–H and O–H groups in total. The summed E-state index contributed by atoms with van der Waals surface area (Å²) >= 11 is 0. The molecule has 0 heterocycles. The van der Waals surface area contributed by atoms with Crippen LogP contribution in [0.15, 0.2) is 18.2 Å². The highest BCUT2D eigenvalue weighted by Gasteiger charge is 2.10. The van der Waals surface area contributed by atoms with E-state index < -0.39 is 0 Å². The Kier molecular flexibility index (Phi) is 5.00. The van der Waals surface area contributed by atoms with Crippen molar-refractivity contribution in [3.63, 3.8) is 0 Å². The van der Waals surface area contributed by atoms with Gasteiger partial charge < -0.3 is 11.1 Å². The van der Waals surface area contributed by atoms with E-state index in [4.69, 9.17) is 5.73 Å². The molecular formula is C17H28N2. The van der Waals surface area contributed by atoms with Crippen LogP contribution in [0.25, 0.3) is 0 Å². The van der Waals surface area contributed by atoms with Crippen LogP contribution in [0.3, 0.4) is 0 Å². The topological polar surface area (TPSA) is 38.0 Å². The molecule has 0 atom stereocenters. The molecule has 106 valence electrons. The first-order valence-electron chi connectivity index (χ1n) is 7.65. The minimum Gasteiger partial charge on any atom is -0.326 e. The summed E-state index contributed by atoms with van der Waals surface area (Å²) in [6.07, 6.45) is 7.43. The maximum atomic E-state index is 5.97. The molecule has 0 amide bonds. The van der Waals surface area contributed by atoms with Gasteiger partial charge in [0.1, 0.15) is 0 Å². The van der Waals surface area contributed by atoms with Crippen LogP contribution in [0.2, 0.25) is 0 Å². The quantitative estimate of drug-likeness (QED) is 0.772. The normalized spacial score (nSPS) is 15.3. The maximum Gasteiger partial charge on any atom is 0.0109 e. The fourth-order valence-electron chi connectivity index (χ4n) is 2.71.